The average Bonchev–Trinajstić information content (AvgIpc) is 3.32. The first kappa shape index (κ1) is 40.8. The fraction of sp³-hybridized carbons (Fsp3) is 0.395. The second kappa shape index (κ2) is 16.7. The van der Waals surface area contributed by atoms with E-state index in [2.05, 4.69) is 54.3 Å². The van der Waals surface area contributed by atoms with E-state index in [1.54, 1.807) is 67.3 Å². The van der Waals surface area contributed by atoms with Gasteiger partial charge in [0.05, 0.1) is 28.2 Å². The van der Waals surface area contributed by atoms with Crippen molar-refractivity contribution < 1.29 is 37.1 Å². The maximum atomic E-state index is 13.7. The van der Waals surface area contributed by atoms with Gasteiger partial charge in [-0.3, -0.25) is 39.2 Å². The molecule has 0 spiro atoms. The molecule has 2 unspecified atom stereocenters. The number of halogens is 4. The predicted octanol–water partition coefficient (Wildman–Crippen LogP) is 5.04. The number of nitriles is 1. The molecule has 296 valence electrons. The fourth-order valence-corrected chi connectivity index (χ4v) is 8.10. The van der Waals surface area contributed by atoms with Gasteiger partial charge >= 0.3 is 6.18 Å². The van der Waals surface area contributed by atoms with Crippen LogP contribution < -0.4 is 30.5 Å². The van der Waals surface area contributed by atoms with Crippen molar-refractivity contribution in [2.45, 2.75) is 49.9 Å². The van der Waals surface area contributed by atoms with E-state index in [1.807, 2.05) is 0 Å². The standard InChI is InChI=1S/C38H40BrF3N8O5S/c1-37(2)35(54)49(26-7-6-23(21-43)28(19-26)38(40,41)42)36(56)50(37)27-8-10-31(29(39)20-27)55-17-16-47-12-14-48(15-13-47)22-33(52)45-25-5-3-4-24(18-25)44-30-9-11-32(51)46-34(30)53/h3-8,10,18-20,30,36,44,56H,9,11-17,22H2,1-2H3,(H,45,52)(H,46,51,53). The minimum Gasteiger partial charge on any atom is -0.491 e. The van der Waals surface area contributed by atoms with Crippen molar-refractivity contribution >= 4 is 74.9 Å². The molecule has 4 amide bonds. The minimum atomic E-state index is -4.78. The molecule has 3 N–H and O–H groups in total. The molecule has 3 aromatic rings. The molecule has 0 aliphatic carbocycles. The molecule has 3 aromatic carbocycles. The first-order valence-electron chi connectivity index (χ1n) is 17.8. The number of benzene rings is 3. The number of piperidine rings is 1. The highest BCUT2D eigenvalue weighted by atomic mass is 79.9. The summed E-state index contributed by atoms with van der Waals surface area (Å²) in [5, 5.41) is 17.6. The van der Waals surface area contributed by atoms with Crippen LogP contribution in [0.3, 0.4) is 0 Å². The largest absolute Gasteiger partial charge is 0.491 e. The molecule has 0 saturated carbocycles. The molecule has 2 atom stereocenters. The number of alkyl halides is 3. The van der Waals surface area contributed by atoms with Gasteiger partial charge in [-0.25, -0.2) is 0 Å². The lowest BCUT2D eigenvalue weighted by Gasteiger charge is -2.34. The number of anilines is 4. The van der Waals surface area contributed by atoms with Gasteiger partial charge < -0.3 is 20.3 Å². The molecule has 3 saturated heterocycles. The zero-order valence-electron chi connectivity index (χ0n) is 30.5. The maximum Gasteiger partial charge on any atom is 0.417 e. The van der Waals surface area contributed by atoms with Crippen LogP contribution in [0, 0.1) is 11.3 Å². The van der Waals surface area contributed by atoms with E-state index in [-0.39, 0.29) is 36.4 Å². The highest BCUT2D eigenvalue weighted by Crippen LogP contribution is 2.43. The smallest absolute Gasteiger partial charge is 0.417 e. The van der Waals surface area contributed by atoms with Gasteiger partial charge in [0.25, 0.3) is 5.91 Å². The van der Waals surface area contributed by atoms with Crippen LogP contribution in [0.2, 0.25) is 0 Å². The van der Waals surface area contributed by atoms with Crippen LogP contribution in [-0.4, -0.2) is 96.4 Å². The summed E-state index contributed by atoms with van der Waals surface area (Å²) >= 11 is 8.24. The number of thiol groups is 1. The molecule has 0 radical (unpaired) electrons. The quantitative estimate of drug-likeness (QED) is 0.153. The van der Waals surface area contributed by atoms with Crippen LogP contribution >= 0.6 is 28.6 Å². The summed E-state index contributed by atoms with van der Waals surface area (Å²) in [6, 6.07) is 16.6. The van der Waals surface area contributed by atoms with Crippen molar-refractivity contribution in [3.8, 4) is 11.8 Å². The summed E-state index contributed by atoms with van der Waals surface area (Å²) in [5.41, 5.74) is -1.96. The van der Waals surface area contributed by atoms with Gasteiger partial charge in [0.1, 0.15) is 23.9 Å². The van der Waals surface area contributed by atoms with Crippen LogP contribution in [-0.2, 0) is 25.4 Å². The number of imide groups is 1. The molecular weight excluding hydrogens is 817 g/mol. The Balaban J connectivity index is 0.974. The summed E-state index contributed by atoms with van der Waals surface area (Å²) in [4.78, 5) is 57.2. The van der Waals surface area contributed by atoms with E-state index in [4.69, 9.17) is 4.74 Å². The molecular formula is C38H40BrF3N8O5S. The maximum absolute atomic E-state index is 13.7. The second-order valence-corrected chi connectivity index (χ2v) is 15.5. The van der Waals surface area contributed by atoms with Crippen LogP contribution in [0.4, 0.5) is 35.9 Å². The number of carbonyl (C=O) groups excluding carboxylic acids is 4. The van der Waals surface area contributed by atoms with E-state index in [9.17, 15) is 37.6 Å². The number of nitrogens with one attached hydrogen (secondary N) is 3. The third kappa shape index (κ3) is 9.07. The Morgan fingerprint density at radius 1 is 1.02 bits per heavy atom. The summed E-state index contributed by atoms with van der Waals surface area (Å²) < 4.78 is 47.9. The molecule has 6 rings (SSSR count). The predicted molar refractivity (Wildman–Crippen MR) is 210 cm³/mol. The molecule has 3 fully saturated rings. The van der Waals surface area contributed by atoms with E-state index in [1.165, 1.54) is 11.0 Å². The van der Waals surface area contributed by atoms with Gasteiger partial charge in [0, 0.05) is 61.9 Å². The molecule has 0 aromatic heterocycles. The highest BCUT2D eigenvalue weighted by molar-refractivity contribution is 9.10. The number of ether oxygens (including phenoxy) is 1. The first-order chi connectivity index (χ1) is 26.5. The Kier molecular flexibility index (Phi) is 12.2. The lowest BCUT2D eigenvalue weighted by molar-refractivity contribution is -0.138. The molecule has 56 heavy (non-hydrogen) atoms. The van der Waals surface area contributed by atoms with Crippen molar-refractivity contribution in [2.75, 3.05) is 66.3 Å². The Hall–Kier alpha value is -4.83. The van der Waals surface area contributed by atoms with Gasteiger partial charge in [-0.2, -0.15) is 18.4 Å². The lowest BCUT2D eigenvalue weighted by Crippen LogP contribution is -2.49. The monoisotopic (exact) mass is 856 g/mol. The van der Waals surface area contributed by atoms with E-state index in [0.717, 1.165) is 25.2 Å². The number of nitrogens with zero attached hydrogens (tertiary/aromatic N) is 5. The number of hydrogen-bond acceptors (Lipinski definition) is 11. The first-order valence-corrected chi connectivity index (χ1v) is 19.2. The van der Waals surface area contributed by atoms with Gasteiger partial charge in [0.2, 0.25) is 17.7 Å². The Bertz CT molecular complexity index is 2060. The number of amides is 4. The van der Waals surface area contributed by atoms with Gasteiger partial charge in [0.15, 0.2) is 5.50 Å². The van der Waals surface area contributed by atoms with Crippen LogP contribution in [0.25, 0.3) is 0 Å². The topological polar surface area (TPSA) is 150 Å². The molecule has 18 heteroatoms. The summed E-state index contributed by atoms with van der Waals surface area (Å²) in [6.45, 7) is 7.45. The Morgan fingerprint density at radius 3 is 2.39 bits per heavy atom. The summed E-state index contributed by atoms with van der Waals surface area (Å²) in [7, 11) is 0. The van der Waals surface area contributed by atoms with Gasteiger partial charge in [-0.1, -0.05) is 6.07 Å². The van der Waals surface area contributed by atoms with Gasteiger partial charge in [-0.15, -0.1) is 12.6 Å². The molecule has 0 bridgehead atoms. The molecule has 3 aliphatic heterocycles. The molecule has 13 nitrogen and oxygen atoms in total. The van der Waals surface area contributed by atoms with Crippen LogP contribution in [0.1, 0.15) is 37.8 Å². The number of hydrogen-bond donors (Lipinski definition) is 4. The average molecular weight is 858 g/mol. The highest BCUT2D eigenvalue weighted by Gasteiger charge is 2.52. The molecule has 3 aliphatic rings. The van der Waals surface area contributed by atoms with E-state index in [0.29, 0.717) is 59.9 Å². The van der Waals surface area contributed by atoms with Crippen LogP contribution in [0.15, 0.2) is 65.1 Å². The number of rotatable bonds is 11. The third-order valence-corrected chi connectivity index (χ3v) is 11.0. The molecule has 3 heterocycles. The number of piperazine rings is 1. The van der Waals surface area contributed by atoms with Crippen molar-refractivity contribution in [1.29, 1.82) is 5.26 Å². The lowest BCUT2D eigenvalue weighted by atomic mass is 10.0. The zero-order valence-corrected chi connectivity index (χ0v) is 33.0. The third-order valence-electron chi connectivity index (χ3n) is 9.93. The Morgan fingerprint density at radius 2 is 1.71 bits per heavy atom. The number of carbonyl (C=O) groups is 4. The van der Waals surface area contributed by atoms with Crippen molar-refractivity contribution in [3.63, 3.8) is 0 Å². The second-order valence-electron chi connectivity index (χ2n) is 14.1. The van der Waals surface area contributed by atoms with Crippen molar-refractivity contribution in [3.05, 3.63) is 76.3 Å². The summed E-state index contributed by atoms with van der Waals surface area (Å²) in [5.74, 6) is -0.701. The fourth-order valence-electron chi connectivity index (χ4n) is 6.96. The normalized spacial score (nSPS) is 20.4. The summed E-state index contributed by atoms with van der Waals surface area (Å²) in [6.07, 6.45) is -4.12. The van der Waals surface area contributed by atoms with Crippen molar-refractivity contribution in [1.82, 2.24) is 15.1 Å². The minimum absolute atomic E-state index is 0.0242. The van der Waals surface area contributed by atoms with Gasteiger partial charge in [-0.05, 0) is 90.8 Å². The zero-order chi connectivity index (χ0) is 40.4. The van der Waals surface area contributed by atoms with Crippen molar-refractivity contribution in [2.24, 2.45) is 0 Å². The van der Waals surface area contributed by atoms with Crippen LogP contribution in [0.5, 0.6) is 5.75 Å². The van der Waals surface area contributed by atoms with E-state index >= 15 is 0 Å². The van der Waals surface area contributed by atoms with E-state index < -0.39 is 40.3 Å². The SMILES string of the molecule is CC1(C)C(=O)N(c2ccc(C#N)c(C(F)(F)F)c2)C(S)N1c1ccc(OCCN2CCN(CC(=O)Nc3cccc(NC4CCC(=O)NC4=O)c3)CC2)c(Br)c1. The Labute approximate surface area is 335 Å².